The molecule has 0 spiro atoms. The highest BCUT2D eigenvalue weighted by atomic mass is 28.2. The van der Waals surface area contributed by atoms with E-state index in [1.165, 1.54) is 103 Å². The largest absolute Gasteiger partial charge is 0.428 e. The molecule has 0 bridgehead atoms. The first-order valence-corrected chi connectivity index (χ1v) is 11.1. The molecule has 0 aromatic carbocycles. The Labute approximate surface area is 144 Å². The minimum atomic E-state index is 0.777. The van der Waals surface area contributed by atoms with Gasteiger partial charge in [0.25, 0.3) is 0 Å². The molecule has 0 heterocycles. The van der Waals surface area contributed by atoms with Gasteiger partial charge in [-0.2, -0.15) is 0 Å². The van der Waals surface area contributed by atoms with Crippen molar-refractivity contribution in [1.82, 2.24) is 0 Å². The van der Waals surface area contributed by atoms with Gasteiger partial charge in [-0.15, -0.1) is 0 Å². The predicted octanol–water partition coefficient (Wildman–Crippen LogP) is 6.18. The first-order valence-electron chi connectivity index (χ1n) is 10.3. The second-order valence-corrected chi connectivity index (χ2v) is 7.88. The van der Waals surface area contributed by atoms with Crippen LogP contribution in [0.15, 0.2) is 0 Å². The molecule has 1 nitrogen and oxygen atoms in total. The molecule has 0 N–H and O–H groups in total. The molecule has 0 aliphatic heterocycles. The lowest BCUT2D eigenvalue weighted by Crippen LogP contribution is -2.03. The highest BCUT2D eigenvalue weighted by Crippen LogP contribution is 2.15. The molecule has 0 saturated heterocycles. The van der Waals surface area contributed by atoms with Gasteiger partial charge in [-0.1, -0.05) is 110 Å². The van der Waals surface area contributed by atoms with E-state index in [4.69, 9.17) is 4.43 Å². The SMILES string of the molecule is CCCCCCCCCCCCCCCCCC(C)CO[SiH3]. The average molecular weight is 329 g/mol. The molecule has 2 heteroatoms. The van der Waals surface area contributed by atoms with Gasteiger partial charge in [-0.3, -0.25) is 0 Å². The Morgan fingerprint density at radius 3 is 1.36 bits per heavy atom. The zero-order valence-corrected chi connectivity index (χ0v) is 18.0. The molecule has 0 aromatic heterocycles. The lowest BCUT2D eigenvalue weighted by atomic mass is 10.0. The monoisotopic (exact) mass is 328 g/mol. The third-order valence-corrected chi connectivity index (χ3v) is 5.08. The summed E-state index contributed by atoms with van der Waals surface area (Å²) in [5.41, 5.74) is 0. The van der Waals surface area contributed by atoms with Crippen LogP contribution in [0.1, 0.15) is 117 Å². The van der Waals surface area contributed by atoms with Gasteiger partial charge in [-0.25, -0.2) is 0 Å². The average Bonchev–Trinajstić information content (AvgIpc) is 2.51. The lowest BCUT2D eigenvalue weighted by molar-refractivity contribution is 0.269. The quantitative estimate of drug-likeness (QED) is 0.215. The molecule has 0 rings (SSSR count). The number of hydrogen-bond acceptors (Lipinski definition) is 1. The minimum absolute atomic E-state index is 0.777. The topological polar surface area (TPSA) is 9.23 Å². The Kier molecular flexibility index (Phi) is 19.4. The van der Waals surface area contributed by atoms with Gasteiger partial charge in [0.2, 0.25) is 0 Å². The zero-order chi connectivity index (χ0) is 16.3. The van der Waals surface area contributed by atoms with Gasteiger partial charge in [0, 0.05) is 6.61 Å². The van der Waals surface area contributed by atoms with Crippen LogP contribution in [0, 0.1) is 5.92 Å². The van der Waals surface area contributed by atoms with Crippen molar-refractivity contribution >= 4 is 10.5 Å². The number of unbranched alkanes of at least 4 members (excludes halogenated alkanes) is 14. The van der Waals surface area contributed by atoms with Crippen LogP contribution in [0.5, 0.6) is 0 Å². The maximum absolute atomic E-state index is 5.32. The Bertz CT molecular complexity index is 196. The molecule has 1 atom stereocenters. The van der Waals surface area contributed by atoms with Crippen LogP contribution in [0.3, 0.4) is 0 Å². The van der Waals surface area contributed by atoms with E-state index in [1.54, 1.807) is 0 Å². The summed E-state index contributed by atoms with van der Waals surface area (Å²) in [6, 6.07) is 0. The lowest BCUT2D eigenvalue weighted by Gasteiger charge is -2.09. The van der Waals surface area contributed by atoms with E-state index in [-0.39, 0.29) is 0 Å². The van der Waals surface area contributed by atoms with E-state index in [2.05, 4.69) is 13.8 Å². The van der Waals surface area contributed by atoms with Crippen LogP contribution in [0.25, 0.3) is 0 Å². The third kappa shape index (κ3) is 18.2. The number of hydrogen-bond donors (Lipinski definition) is 0. The van der Waals surface area contributed by atoms with Crippen molar-refractivity contribution in [3.63, 3.8) is 0 Å². The fourth-order valence-corrected chi connectivity index (χ4v) is 3.80. The van der Waals surface area contributed by atoms with E-state index in [0.717, 1.165) is 23.0 Å². The first kappa shape index (κ1) is 22.2. The summed E-state index contributed by atoms with van der Waals surface area (Å²) in [6.45, 7) is 5.61. The Morgan fingerprint density at radius 1 is 0.636 bits per heavy atom. The van der Waals surface area contributed by atoms with Gasteiger partial charge in [0.1, 0.15) is 10.5 Å². The smallest absolute Gasteiger partial charge is 0.145 e. The first-order chi connectivity index (χ1) is 10.8. The summed E-state index contributed by atoms with van der Waals surface area (Å²) in [6.07, 6.45) is 23.2. The second kappa shape index (κ2) is 19.2. The molecule has 0 aliphatic carbocycles. The van der Waals surface area contributed by atoms with Crippen LogP contribution in [-0.2, 0) is 4.43 Å². The molecule has 0 aromatic rings. The van der Waals surface area contributed by atoms with Crippen LogP contribution in [0.2, 0.25) is 0 Å². The van der Waals surface area contributed by atoms with E-state index in [1.807, 2.05) is 0 Å². The van der Waals surface area contributed by atoms with E-state index >= 15 is 0 Å². The van der Waals surface area contributed by atoms with E-state index in [9.17, 15) is 0 Å². The van der Waals surface area contributed by atoms with E-state index < -0.39 is 0 Å². The highest BCUT2D eigenvalue weighted by Gasteiger charge is 2.00. The summed E-state index contributed by atoms with van der Waals surface area (Å²) in [7, 11) is 0.898. The standard InChI is InChI=1S/C20H44OSi/c1-3-4-5-6-7-8-9-10-11-12-13-14-15-16-17-18-20(2)19-21-22/h20H,3-19H2,1-2,22H3. The molecular formula is C20H44OSi. The highest BCUT2D eigenvalue weighted by molar-refractivity contribution is 5.97. The normalized spacial score (nSPS) is 12.8. The van der Waals surface area contributed by atoms with Crippen molar-refractivity contribution in [3.8, 4) is 0 Å². The van der Waals surface area contributed by atoms with Crippen LogP contribution in [-0.4, -0.2) is 17.1 Å². The fraction of sp³-hybridized carbons (Fsp3) is 1.00. The molecule has 0 aliphatic rings. The summed E-state index contributed by atoms with van der Waals surface area (Å²) in [5, 5.41) is 0. The van der Waals surface area contributed by atoms with Crippen LogP contribution >= 0.6 is 0 Å². The van der Waals surface area contributed by atoms with Crippen molar-refractivity contribution in [2.75, 3.05) is 6.61 Å². The second-order valence-electron chi connectivity index (χ2n) is 7.30. The molecule has 0 saturated carbocycles. The fourth-order valence-electron chi connectivity index (χ4n) is 3.23. The van der Waals surface area contributed by atoms with Gasteiger partial charge >= 0.3 is 0 Å². The Balaban J connectivity index is 3.00. The van der Waals surface area contributed by atoms with Gasteiger partial charge in [0.15, 0.2) is 0 Å². The van der Waals surface area contributed by atoms with Crippen molar-refractivity contribution in [2.24, 2.45) is 5.92 Å². The molecule has 0 radical (unpaired) electrons. The third-order valence-electron chi connectivity index (χ3n) is 4.75. The van der Waals surface area contributed by atoms with Crippen molar-refractivity contribution in [3.05, 3.63) is 0 Å². The Morgan fingerprint density at radius 2 is 1.00 bits per heavy atom. The summed E-state index contributed by atoms with van der Waals surface area (Å²) < 4.78 is 5.32. The van der Waals surface area contributed by atoms with Gasteiger partial charge < -0.3 is 4.43 Å². The molecule has 0 fully saturated rings. The van der Waals surface area contributed by atoms with Crippen molar-refractivity contribution in [1.29, 1.82) is 0 Å². The van der Waals surface area contributed by atoms with Crippen molar-refractivity contribution in [2.45, 2.75) is 117 Å². The molecule has 1 unspecified atom stereocenters. The summed E-state index contributed by atoms with van der Waals surface area (Å²) in [4.78, 5) is 0. The maximum Gasteiger partial charge on any atom is 0.145 e. The summed E-state index contributed by atoms with van der Waals surface area (Å²) in [5.74, 6) is 0.777. The molecule has 0 amide bonds. The van der Waals surface area contributed by atoms with Crippen molar-refractivity contribution < 1.29 is 4.43 Å². The Hall–Kier alpha value is 0.177. The predicted molar refractivity (Wildman–Crippen MR) is 105 cm³/mol. The van der Waals surface area contributed by atoms with E-state index in [0.29, 0.717) is 0 Å². The van der Waals surface area contributed by atoms with Crippen LogP contribution in [0.4, 0.5) is 0 Å². The minimum Gasteiger partial charge on any atom is -0.428 e. The molecular weight excluding hydrogens is 284 g/mol. The molecule has 22 heavy (non-hydrogen) atoms. The molecule has 134 valence electrons. The van der Waals surface area contributed by atoms with Crippen LogP contribution < -0.4 is 0 Å². The van der Waals surface area contributed by atoms with Gasteiger partial charge in [-0.05, 0) is 12.3 Å². The zero-order valence-electron chi connectivity index (χ0n) is 16.0. The number of rotatable bonds is 18. The van der Waals surface area contributed by atoms with Gasteiger partial charge in [0.05, 0.1) is 0 Å². The maximum atomic E-state index is 5.32. The summed E-state index contributed by atoms with van der Waals surface area (Å²) >= 11 is 0.